The van der Waals surface area contributed by atoms with Gasteiger partial charge in [-0.05, 0) is 26.3 Å². The van der Waals surface area contributed by atoms with Gasteiger partial charge in [-0.2, -0.15) is 5.26 Å². The summed E-state index contributed by atoms with van der Waals surface area (Å²) >= 11 is 0. The smallest absolute Gasteiger partial charge is 0.274 e. The molecule has 25 heavy (non-hydrogen) atoms. The Kier molecular flexibility index (Phi) is 7.97. The fourth-order valence-electron chi connectivity index (χ4n) is 2.19. The first-order chi connectivity index (χ1) is 12.0. The normalized spacial score (nSPS) is 12.6. The lowest BCUT2D eigenvalue weighted by atomic mass is 10.2. The van der Waals surface area contributed by atoms with E-state index in [1.54, 1.807) is 37.0 Å². The molecule has 0 atom stereocenters. The second-order valence-electron chi connectivity index (χ2n) is 5.18. The standard InChI is InChI=1S/C14H13N3O2.C5H10O/c1-2-6-17-9-11(8-15)12-5-3-4-10(7-13(12)17)14(18)16-19;1-4-5(2)6-3/h2,4-5,7,9,19H,1,3,6H2,(H,16,18);4H,1-3H3/b;5-4+. The van der Waals surface area contributed by atoms with Crippen LogP contribution in [0.2, 0.25) is 0 Å². The molecule has 1 heterocycles. The van der Waals surface area contributed by atoms with Gasteiger partial charge in [0.25, 0.3) is 5.91 Å². The third kappa shape index (κ3) is 5.23. The molecule has 0 saturated heterocycles. The van der Waals surface area contributed by atoms with Crippen LogP contribution in [0.5, 0.6) is 0 Å². The number of fused-ring (bicyclic) bond motifs is 1. The first-order valence-corrected chi connectivity index (χ1v) is 7.75. The van der Waals surface area contributed by atoms with Crippen molar-refractivity contribution in [2.75, 3.05) is 7.11 Å². The molecule has 0 unspecified atom stereocenters. The van der Waals surface area contributed by atoms with Crippen molar-refractivity contribution in [3.8, 4) is 6.07 Å². The van der Waals surface area contributed by atoms with Gasteiger partial charge in [0.2, 0.25) is 0 Å². The molecule has 6 heteroatoms. The number of methoxy groups -OCH3 is 1. The van der Waals surface area contributed by atoms with Gasteiger partial charge in [0, 0.05) is 23.5 Å². The maximum atomic E-state index is 11.5. The molecule has 0 aromatic carbocycles. The van der Waals surface area contributed by atoms with Gasteiger partial charge in [-0.1, -0.05) is 24.3 Å². The molecule has 132 valence electrons. The number of carbonyl (C=O) groups excluding carboxylic acids is 1. The van der Waals surface area contributed by atoms with E-state index in [0.717, 1.165) is 16.3 Å². The Morgan fingerprint density at radius 1 is 1.56 bits per heavy atom. The first kappa shape index (κ1) is 20.0. The molecule has 0 radical (unpaired) electrons. The highest BCUT2D eigenvalue weighted by Gasteiger charge is 2.10. The largest absolute Gasteiger partial charge is 0.502 e. The first-order valence-electron chi connectivity index (χ1n) is 7.75. The average Bonchev–Trinajstić information content (AvgIpc) is 2.82. The summed E-state index contributed by atoms with van der Waals surface area (Å²) in [5.41, 5.74) is 2.55. The Hall–Kier alpha value is -3.04. The SMILES string of the molecule is C/C=C(\C)OC.C=CCn1cc(C#N)c2c1=CC(C(=O)NO)=CCC=2. The molecule has 1 amide bonds. The molecule has 2 rings (SSSR count). The Morgan fingerprint density at radius 2 is 2.28 bits per heavy atom. The maximum absolute atomic E-state index is 11.5. The lowest BCUT2D eigenvalue weighted by Crippen LogP contribution is -2.31. The van der Waals surface area contributed by atoms with Crippen molar-refractivity contribution >= 4 is 18.1 Å². The Labute approximate surface area is 147 Å². The zero-order valence-corrected chi connectivity index (χ0v) is 14.7. The van der Waals surface area contributed by atoms with Gasteiger partial charge in [-0.3, -0.25) is 10.0 Å². The summed E-state index contributed by atoms with van der Waals surface area (Å²) in [6, 6.07) is 2.14. The van der Waals surface area contributed by atoms with Crippen molar-refractivity contribution in [1.29, 1.82) is 5.26 Å². The second kappa shape index (κ2) is 9.96. The van der Waals surface area contributed by atoms with E-state index < -0.39 is 5.91 Å². The van der Waals surface area contributed by atoms with Gasteiger partial charge in [-0.25, -0.2) is 5.48 Å². The highest BCUT2D eigenvalue weighted by Crippen LogP contribution is 2.03. The van der Waals surface area contributed by atoms with E-state index in [-0.39, 0.29) is 0 Å². The van der Waals surface area contributed by atoms with E-state index >= 15 is 0 Å². The molecule has 2 N–H and O–H groups in total. The number of ether oxygens (including phenoxy) is 1. The van der Waals surface area contributed by atoms with Gasteiger partial charge in [0.15, 0.2) is 0 Å². The van der Waals surface area contributed by atoms with Gasteiger partial charge in [-0.15, -0.1) is 6.58 Å². The van der Waals surface area contributed by atoms with Crippen molar-refractivity contribution in [1.82, 2.24) is 10.0 Å². The summed E-state index contributed by atoms with van der Waals surface area (Å²) in [4.78, 5) is 11.5. The number of hydroxylamine groups is 1. The van der Waals surface area contributed by atoms with Crippen LogP contribution in [0.25, 0.3) is 12.2 Å². The van der Waals surface area contributed by atoms with E-state index in [9.17, 15) is 4.79 Å². The molecule has 1 aliphatic rings. The highest BCUT2D eigenvalue weighted by molar-refractivity contribution is 6.00. The fraction of sp³-hybridized carbons (Fsp3) is 0.263. The van der Waals surface area contributed by atoms with Gasteiger partial charge < -0.3 is 9.30 Å². The molecule has 1 aromatic rings. The minimum atomic E-state index is -0.564. The Morgan fingerprint density at radius 3 is 2.76 bits per heavy atom. The summed E-state index contributed by atoms with van der Waals surface area (Å²) in [5, 5.41) is 19.4. The van der Waals surface area contributed by atoms with Crippen LogP contribution < -0.4 is 16.0 Å². The quantitative estimate of drug-likeness (QED) is 0.376. The predicted molar refractivity (Wildman–Crippen MR) is 96.6 cm³/mol. The summed E-state index contributed by atoms with van der Waals surface area (Å²) in [6.45, 7) is 8.08. The number of nitrogens with zero attached hydrogens (tertiary/aromatic N) is 2. The third-order valence-electron chi connectivity index (χ3n) is 3.65. The van der Waals surface area contributed by atoms with Gasteiger partial charge >= 0.3 is 0 Å². The van der Waals surface area contributed by atoms with Crippen LogP contribution in [-0.4, -0.2) is 22.8 Å². The molecular formula is C19H23N3O3. The van der Waals surface area contributed by atoms with E-state index in [4.69, 9.17) is 15.2 Å². The molecule has 0 bridgehead atoms. The van der Waals surface area contributed by atoms with Crippen LogP contribution in [0.1, 0.15) is 25.8 Å². The number of hydrogen-bond donors (Lipinski definition) is 2. The van der Waals surface area contributed by atoms with Crippen LogP contribution in [0.3, 0.4) is 0 Å². The number of hydrogen-bond acceptors (Lipinski definition) is 4. The van der Waals surface area contributed by atoms with Crippen LogP contribution >= 0.6 is 0 Å². The van der Waals surface area contributed by atoms with Crippen molar-refractivity contribution in [2.45, 2.75) is 26.8 Å². The summed E-state index contributed by atoms with van der Waals surface area (Å²) < 4.78 is 6.61. The minimum absolute atomic E-state index is 0.366. The highest BCUT2D eigenvalue weighted by atomic mass is 16.5. The number of aromatic nitrogens is 1. The number of nitrogens with one attached hydrogen (secondary N) is 1. The number of rotatable bonds is 4. The zero-order valence-electron chi connectivity index (χ0n) is 14.7. The molecule has 6 nitrogen and oxygen atoms in total. The summed E-state index contributed by atoms with van der Waals surface area (Å²) in [7, 11) is 1.66. The van der Waals surface area contributed by atoms with Crippen LogP contribution in [0.15, 0.2) is 42.3 Å². The van der Waals surface area contributed by atoms with E-state index in [1.807, 2.05) is 30.6 Å². The van der Waals surface area contributed by atoms with E-state index in [1.165, 1.54) is 0 Å². The lowest BCUT2D eigenvalue weighted by Gasteiger charge is -2.00. The molecule has 0 aliphatic heterocycles. The molecule has 0 fully saturated rings. The topological polar surface area (TPSA) is 87.3 Å². The number of allylic oxidation sites excluding steroid dienone is 4. The Bertz CT molecular complexity index is 852. The molecule has 1 aromatic heterocycles. The summed E-state index contributed by atoms with van der Waals surface area (Å²) in [6.07, 6.45) is 11.1. The maximum Gasteiger partial charge on any atom is 0.274 e. The molecule has 0 spiro atoms. The van der Waals surface area contributed by atoms with Crippen molar-refractivity contribution in [2.24, 2.45) is 0 Å². The van der Waals surface area contributed by atoms with Gasteiger partial charge in [0.1, 0.15) is 6.07 Å². The number of carbonyl (C=O) groups is 1. The second-order valence-corrected chi connectivity index (χ2v) is 5.18. The number of nitriles is 1. The summed E-state index contributed by atoms with van der Waals surface area (Å²) in [5.74, 6) is 0.404. The van der Waals surface area contributed by atoms with Gasteiger partial charge in [0.05, 0.1) is 23.8 Å². The third-order valence-corrected chi connectivity index (χ3v) is 3.65. The monoisotopic (exact) mass is 341 g/mol. The zero-order chi connectivity index (χ0) is 18.8. The predicted octanol–water partition coefficient (Wildman–Crippen LogP) is 1.50. The van der Waals surface area contributed by atoms with Crippen LogP contribution in [-0.2, 0) is 16.1 Å². The van der Waals surface area contributed by atoms with Crippen molar-refractivity contribution in [3.05, 3.63) is 58.5 Å². The van der Waals surface area contributed by atoms with Crippen molar-refractivity contribution in [3.63, 3.8) is 0 Å². The minimum Gasteiger partial charge on any atom is -0.502 e. The lowest BCUT2D eigenvalue weighted by molar-refractivity contribution is -0.124. The van der Waals surface area contributed by atoms with Crippen LogP contribution in [0.4, 0.5) is 0 Å². The molecule has 0 saturated carbocycles. The van der Waals surface area contributed by atoms with E-state index in [0.29, 0.717) is 24.1 Å². The Balaban J connectivity index is 0.000000450. The van der Waals surface area contributed by atoms with E-state index in [2.05, 4.69) is 12.6 Å². The average molecular weight is 341 g/mol. The molecule has 1 aliphatic carbocycles. The molecular weight excluding hydrogens is 318 g/mol. The number of amides is 1. The van der Waals surface area contributed by atoms with Crippen LogP contribution in [0, 0.1) is 11.3 Å². The fourth-order valence-corrected chi connectivity index (χ4v) is 2.19. The van der Waals surface area contributed by atoms with Crippen molar-refractivity contribution < 1.29 is 14.7 Å².